The van der Waals surface area contributed by atoms with Gasteiger partial charge in [0.25, 0.3) is 0 Å². The molecule has 0 aromatic heterocycles. The summed E-state index contributed by atoms with van der Waals surface area (Å²) in [5, 5.41) is 70.8. The lowest BCUT2D eigenvalue weighted by molar-refractivity contribution is -0.366. The molecule has 0 aromatic carbocycles. The van der Waals surface area contributed by atoms with Crippen LogP contribution in [0.1, 0.15) is 13.3 Å². The second kappa shape index (κ2) is 8.39. The lowest BCUT2D eigenvalue weighted by Gasteiger charge is -2.48. The van der Waals surface area contributed by atoms with Crippen molar-refractivity contribution in [3.8, 4) is 0 Å². The van der Waals surface area contributed by atoms with E-state index in [4.69, 9.17) is 14.2 Å². The second-order valence-electron chi connectivity index (χ2n) is 6.34. The van der Waals surface area contributed by atoms with Gasteiger partial charge in [-0.15, -0.1) is 0 Å². The van der Waals surface area contributed by atoms with Crippen LogP contribution < -0.4 is 5.32 Å². The minimum Gasteiger partial charge on any atom is -0.394 e. The van der Waals surface area contributed by atoms with E-state index in [1.165, 1.54) is 0 Å². The summed E-state index contributed by atoms with van der Waals surface area (Å²) in [7, 11) is 0. The summed E-state index contributed by atoms with van der Waals surface area (Å²) < 4.78 is 15.8. The molecule has 2 aliphatic rings. The quantitative estimate of drug-likeness (QED) is 0.212. The molecular formula is C14H25NO11. The van der Waals surface area contributed by atoms with Gasteiger partial charge >= 0.3 is 0 Å². The molecule has 8 N–H and O–H groups in total. The highest BCUT2D eigenvalue weighted by molar-refractivity contribution is 5.73. The van der Waals surface area contributed by atoms with Crippen LogP contribution in [0.3, 0.4) is 0 Å². The number of aliphatic hydroxyl groups excluding tert-OH is 6. The van der Waals surface area contributed by atoms with Crippen molar-refractivity contribution in [2.24, 2.45) is 0 Å². The number of hydrogen-bond donors (Lipinski definition) is 8. The molecule has 0 spiro atoms. The average molecular weight is 383 g/mol. The van der Waals surface area contributed by atoms with E-state index in [-0.39, 0.29) is 6.42 Å². The van der Waals surface area contributed by atoms with Gasteiger partial charge in [-0.1, -0.05) is 0 Å². The number of ether oxygens (including phenoxy) is 3. The van der Waals surface area contributed by atoms with Crippen molar-refractivity contribution in [1.29, 1.82) is 0 Å². The van der Waals surface area contributed by atoms with Gasteiger partial charge in [0.05, 0.1) is 19.3 Å². The highest BCUT2D eigenvalue weighted by Gasteiger charge is 2.57. The van der Waals surface area contributed by atoms with Crippen molar-refractivity contribution in [2.45, 2.75) is 68.3 Å². The lowest BCUT2D eigenvalue weighted by Crippen LogP contribution is -2.74. The van der Waals surface area contributed by atoms with E-state index < -0.39 is 74.0 Å². The Labute approximate surface area is 148 Å². The fourth-order valence-electron chi connectivity index (χ4n) is 3.00. The van der Waals surface area contributed by atoms with Crippen molar-refractivity contribution < 1.29 is 54.8 Å². The maximum atomic E-state index is 11.3. The molecule has 2 saturated heterocycles. The van der Waals surface area contributed by atoms with Gasteiger partial charge < -0.3 is 55.3 Å². The third-order valence-electron chi connectivity index (χ3n) is 4.39. The number of rotatable bonds is 5. The predicted molar refractivity (Wildman–Crippen MR) is 80.0 cm³/mol. The Balaban J connectivity index is 2.18. The van der Waals surface area contributed by atoms with E-state index in [2.05, 4.69) is 0 Å². The number of aliphatic hydroxyl groups is 7. The molecule has 2 rings (SSSR count). The summed E-state index contributed by atoms with van der Waals surface area (Å²) >= 11 is 0. The average Bonchev–Trinajstić information content (AvgIpc) is 2.57. The van der Waals surface area contributed by atoms with E-state index in [1.807, 2.05) is 5.32 Å². The van der Waals surface area contributed by atoms with Crippen LogP contribution in [0.2, 0.25) is 0 Å². The van der Waals surface area contributed by atoms with Gasteiger partial charge in [0.2, 0.25) is 17.9 Å². The maximum Gasteiger partial charge on any atom is 0.219 e. The van der Waals surface area contributed by atoms with Gasteiger partial charge in [-0.05, 0) is 0 Å². The molecule has 2 heterocycles. The summed E-state index contributed by atoms with van der Waals surface area (Å²) in [6.07, 6.45) is -12.0. The molecule has 9 atom stereocenters. The van der Waals surface area contributed by atoms with Crippen molar-refractivity contribution >= 4 is 5.91 Å². The lowest BCUT2D eigenvalue weighted by atomic mass is 9.92. The van der Waals surface area contributed by atoms with Crippen LogP contribution in [-0.2, 0) is 19.0 Å². The van der Waals surface area contributed by atoms with Crippen molar-refractivity contribution in [2.75, 3.05) is 13.2 Å². The van der Waals surface area contributed by atoms with Gasteiger partial charge in [0.15, 0.2) is 6.29 Å². The Hall–Kier alpha value is -0.930. The number of hydrogen-bond acceptors (Lipinski definition) is 11. The molecule has 2 fully saturated rings. The van der Waals surface area contributed by atoms with Gasteiger partial charge in [-0.3, -0.25) is 4.79 Å². The standard InChI is InChI=1S/C14H25NO11/c1-5(18)15-14(23)12(21)11(8(4-17)25-13(14)22)26-9-2-6(19)10(20)7(3-16)24-9/h6-13,16-17,19-23H,2-4H2,1H3,(H,15,18)/t6-,7-,8-,9+,10-,11-,12+,13+,14-/m1/s1. The Morgan fingerprint density at radius 2 is 1.77 bits per heavy atom. The number of amides is 1. The van der Waals surface area contributed by atoms with Crippen LogP contribution in [0.4, 0.5) is 0 Å². The second-order valence-corrected chi connectivity index (χ2v) is 6.34. The van der Waals surface area contributed by atoms with Gasteiger partial charge in [-0.2, -0.15) is 0 Å². The Kier molecular flexibility index (Phi) is 6.90. The van der Waals surface area contributed by atoms with Gasteiger partial charge in [0.1, 0.15) is 30.5 Å². The first kappa shape index (κ1) is 21.4. The molecule has 26 heavy (non-hydrogen) atoms. The van der Waals surface area contributed by atoms with E-state index in [0.29, 0.717) is 0 Å². The molecule has 0 aromatic rings. The Morgan fingerprint density at radius 1 is 1.15 bits per heavy atom. The van der Waals surface area contributed by atoms with E-state index >= 15 is 0 Å². The molecular weight excluding hydrogens is 358 g/mol. The monoisotopic (exact) mass is 383 g/mol. The fourth-order valence-corrected chi connectivity index (χ4v) is 3.00. The largest absolute Gasteiger partial charge is 0.394 e. The van der Waals surface area contributed by atoms with Gasteiger partial charge in [0, 0.05) is 13.3 Å². The van der Waals surface area contributed by atoms with E-state index in [9.17, 15) is 40.5 Å². The van der Waals surface area contributed by atoms with Crippen molar-refractivity contribution in [1.82, 2.24) is 5.32 Å². The van der Waals surface area contributed by atoms with Crippen LogP contribution in [0, 0.1) is 0 Å². The summed E-state index contributed by atoms with van der Waals surface area (Å²) in [5.74, 6) is -0.775. The third kappa shape index (κ3) is 4.14. The molecule has 0 unspecified atom stereocenters. The molecule has 12 nitrogen and oxygen atoms in total. The van der Waals surface area contributed by atoms with Crippen LogP contribution in [0.25, 0.3) is 0 Å². The van der Waals surface area contributed by atoms with Crippen LogP contribution in [0.5, 0.6) is 0 Å². The predicted octanol–water partition coefficient (Wildman–Crippen LogP) is -4.90. The first-order valence-corrected chi connectivity index (χ1v) is 8.05. The van der Waals surface area contributed by atoms with Crippen LogP contribution in [0.15, 0.2) is 0 Å². The summed E-state index contributed by atoms with van der Waals surface area (Å²) in [6, 6.07) is 0. The highest BCUT2D eigenvalue weighted by Crippen LogP contribution is 2.32. The fraction of sp³-hybridized carbons (Fsp3) is 0.929. The summed E-state index contributed by atoms with van der Waals surface area (Å²) in [6.45, 7) is -0.282. The summed E-state index contributed by atoms with van der Waals surface area (Å²) in [5.41, 5.74) is -2.62. The molecule has 0 radical (unpaired) electrons. The third-order valence-corrected chi connectivity index (χ3v) is 4.39. The highest BCUT2D eigenvalue weighted by atomic mass is 16.7. The topological polar surface area (TPSA) is 198 Å². The first-order chi connectivity index (χ1) is 12.1. The molecule has 0 aliphatic carbocycles. The normalized spacial score (nSPS) is 46.8. The summed E-state index contributed by atoms with van der Waals surface area (Å²) in [4.78, 5) is 11.3. The van der Waals surface area contributed by atoms with E-state index in [1.54, 1.807) is 0 Å². The van der Waals surface area contributed by atoms with E-state index in [0.717, 1.165) is 6.92 Å². The zero-order valence-electron chi connectivity index (χ0n) is 14.0. The Bertz CT molecular complexity index is 494. The maximum absolute atomic E-state index is 11.3. The zero-order chi connectivity index (χ0) is 19.6. The molecule has 1 amide bonds. The minimum atomic E-state index is -2.62. The molecule has 0 bridgehead atoms. The number of carbonyl (C=O) groups excluding carboxylic acids is 1. The van der Waals surface area contributed by atoms with Crippen molar-refractivity contribution in [3.63, 3.8) is 0 Å². The SMILES string of the molecule is CC(=O)N[C@]1(O)[C@@H](O)O[C@H](CO)[C@@H](O[C@H]2C[C@@H](O)[C@@H](O)[C@@H](CO)O2)[C@@H]1O. The zero-order valence-corrected chi connectivity index (χ0v) is 14.0. The molecule has 152 valence electrons. The molecule has 2 aliphatic heterocycles. The molecule has 0 saturated carbocycles. The Morgan fingerprint density at radius 3 is 2.31 bits per heavy atom. The first-order valence-electron chi connectivity index (χ1n) is 8.05. The molecule has 12 heteroatoms. The number of carbonyl (C=O) groups is 1. The smallest absolute Gasteiger partial charge is 0.219 e. The minimum absolute atomic E-state index is 0.236. The number of nitrogens with one attached hydrogen (secondary N) is 1. The van der Waals surface area contributed by atoms with Crippen LogP contribution in [-0.4, -0.2) is 110 Å². The van der Waals surface area contributed by atoms with Crippen molar-refractivity contribution in [3.05, 3.63) is 0 Å². The van der Waals surface area contributed by atoms with Gasteiger partial charge in [-0.25, -0.2) is 0 Å². The van der Waals surface area contributed by atoms with Crippen LogP contribution >= 0.6 is 0 Å².